The molecule has 21 heavy (non-hydrogen) atoms. The largest absolute Gasteiger partial charge is 0.383 e. The summed E-state index contributed by atoms with van der Waals surface area (Å²) >= 11 is 0. The van der Waals surface area contributed by atoms with Crippen molar-refractivity contribution in [2.75, 3.05) is 20.3 Å². The number of nitrogens with zero attached hydrogens (tertiary/aromatic N) is 2. The molecule has 0 saturated carbocycles. The van der Waals surface area contributed by atoms with Crippen molar-refractivity contribution in [1.29, 1.82) is 0 Å². The van der Waals surface area contributed by atoms with Gasteiger partial charge in [-0.3, -0.25) is 0 Å². The van der Waals surface area contributed by atoms with E-state index in [4.69, 9.17) is 9.72 Å². The van der Waals surface area contributed by atoms with E-state index in [-0.39, 0.29) is 0 Å². The molecule has 1 heterocycles. The lowest BCUT2D eigenvalue weighted by Gasteiger charge is -2.09. The van der Waals surface area contributed by atoms with Gasteiger partial charge in [0, 0.05) is 32.3 Å². The van der Waals surface area contributed by atoms with Gasteiger partial charge in [-0.1, -0.05) is 24.3 Å². The van der Waals surface area contributed by atoms with Gasteiger partial charge in [-0.15, -0.1) is 0 Å². The molecule has 2 aromatic rings. The fraction of sp³-hybridized carbons (Fsp3) is 0.412. The number of aromatic nitrogens is 2. The highest BCUT2D eigenvalue weighted by Crippen LogP contribution is 2.31. The SMILES string of the molecule is COCCNCc1ccnc(C2Cc3ccccc3C2)n1. The molecule has 1 aromatic heterocycles. The van der Waals surface area contributed by atoms with Crippen molar-refractivity contribution >= 4 is 0 Å². The summed E-state index contributed by atoms with van der Waals surface area (Å²) in [5.41, 5.74) is 3.93. The molecule has 0 amide bonds. The maximum Gasteiger partial charge on any atom is 0.132 e. The summed E-state index contributed by atoms with van der Waals surface area (Å²) in [5.74, 6) is 1.39. The van der Waals surface area contributed by atoms with Crippen molar-refractivity contribution in [3.63, 3.8) is 0 Å². The van der Waals surface area contributed by atoms with Crippen LogP contribution in [0.15, 0.2) is 36.5 Å². The van der Waals surface area contributed by atoms with E-state index in [1.165, 1.54) is 11.1 Å². The summed E-state index contributed by atoms with van der Waals surface area (Å²) < 4.78 is 5.03. The number of methoxy groups -OCH3 is 1. The Bertz CT molecular complexity index is 575. The van der Waals surface area contributed by atoms with E-state index in [0.717, 1.165) is 44.1 Å². The average molecular weight is 283 g/mol. The Balaban J connectivity index is 1.64. The van der Waals surface area contributed by atoms with Crippen molar-refractivity contribution in [3.05, 3.63) is 59.2 Å². The maximum atomic E-state index is 5.03. The van der Waals surface area contributed by atoms with Gasteiger partial charge >= 0.3 is 0 Å². The Morgan fingerprint density at radius 1 is 1.19 bits per heavy atom. The fourth-order valence-electron chi connectivity index (χ4n) is 2.84. The second kappa shape index (κ2) is 6.78. The number of hydrogen-bond donors (Lipinski definition) is 1. The van der Waals surface area contributed by atoms with E-state index in [1.807, 2.05) is 12.3 Å². The third-order valence-corrected chi connectivity index (χ3v) is 3.94. The predicted molar refractivity (Wildman–Crippen MR) is 82.2 cm³/mol. The van der Waals surface area contributed by atoms with Gasteiger partial charge < -0.3 is 10.1 Å². The standard InChI is InChI=1S/C17H21N3O/c1-21-9-8-18-12-16-6-7-19-17(20-16)15-10-13-4-2-3-5-14(13)11-15/h2-7,15,18H,8-12H2,1H3. The monoisotopic (exact) mass is 283 g/mol. The minimum Gasteiger partial charge on any atom is -0.383 e. The summed E-state index contributed by atoms with van der Waals surface area (Å²) in [6.45, 7) is 2.32. The van der Waals surface area contributed by atoms with Crippen molar-refractivity contribution in [1.82, 2.24) is 15.3 Å². The minimum absolute atomic E-state index is 0.418. The van der Waals surface area contributed by atoms with Gasteiger partial charge in [0.1, 0.15) is 5.82 Å². The number of fused-ring (bicyclic) bond motifs is 1. The molecule has 0 atom stereocenters. The van der Waals surface area contributed by atoms with Gasteiger partial charge in [0.15, 0.2) is 0 Å². The highest BCUT2D eigenvalue weighted by Gasteiger charge is 2.24. The zero-order valence-corrected chi connectivity index (χ0v) is 12.4. The first-order valence-electron chi connectivity index (χ1n) is 7.45. The molecule has 4 nitrogen and oxygen atoms in total. The van der Waals surface area contributed by atoms with Crippen LogP contribution in [0.3, 0.4) is 0 Å². The maximum absolute atomic E-state index is 5.03. The molecule has 1 aromatic carbocycles. The van der Waals surface area contributed by atoms with Crippen molar-refractivity contribution in [2.45, 2.75) is 25.3 Å². The van der Waals surface area contributed by atoms with Crippen LogP contribution < -0.4 is 5.32 Å². The molecule has 0 fully saturated rings. The van der Waals surface area contributed by atoms with E-state index in [0.29, 0.717) is 5.92 Å². The summed E-state index contributed by atoms with van der Waals surface area (Å²) in [4.78, 5) is 9.21. The molecule has 3 rings (SSSR count). The van der Waals surface area contributed by atoms with Gasteiger partial charge in [0.2, 0.25) is 0 Å². The fourth-order valence-corrected chi connectivity index (χ4v) is 2.84. The van der Waals surface area contributed by atoms with Gasteiger partial charge in [-0.05, 0) is 30.0 Å². The molecule has 0 spiro atoms. The summed E-state index contributed by atoms with van der Waals surface area (Å²) in [5, 5.41) is 3.32. The molecule has 0 unspecified atom stereocenters. The summed E-state index contributed by atoms with van der Waals surface area (Å²) in [6.07, 6.45) is 3.98. The van der Waals surface area contributed by atoms with Gasteiger partial charge in [-0.2, -0.15) is 0 Å². The van der Waals surface area contributed by atoms with Crippen LogP contribution in [-0.4, -0.2) is 30.2 Å². The van der Waals surface area contributed by atoms with Gasteiger partial charge in [-0.25, -0.2) is 9.97 Å². The lowest BCUT2D eigenvalue weighted by atomic mass is 10.1. The lowest BCUT2D eigenvalue weighted by molar-refractivity contribution is 0.199. The zero-order chi connectivity index (χ0) is 14.5. The average Bonchev–Trinajstić information content (AvgIpc) is 2.96. The van der Waals surface area contributed by atoms with Gasteiger partial charge in [0.25, 0.3) is 0 Å². The highest BCUT2D eigenvalue weighted by atomic mass is 16.5. The van der Waals surface area contributed by atoms with Crippen LogP contribution in [0, 0.1) is 0 Å². The highest BCUT2D eigenvalue weighted by molar-refractivity contribution is 5.35. The molecule has 4 heteroatoms. The van der Waals surface area contributed by atoms with Crippen LogP contribution in [0.4, 0.5) is 0 Å². The minimum atomic E-state index is 0.418. The van der Waals surface area contributed by atoms with Crippen LogP contribution in [0.5, 0.6) is 0 Å². The first-order valence-corrected chi connectivity index (χ1v) is 7.45. The molecule has 1 N–H and O–H groups in total. The zero-order valence-electron chi connectivity index (χ0n) is 12.4. The van der Waals surface area contributed by atoms with Crippen LogP contribution in [0.25, 0.3) is 0 Å². The Morgan fingerprint density at radius 3 is 2.67 bits per heavy atom. The number of nitrogens with one attached hydrogen (secondary N) is 1. The normalized spacial score (nSPS) is 14.3. The van der Waals surface area contributed by atoms with Crippen LogP contribution in [0.2, 0.25) is 0 Å². The smallest absolute Gasteiger partial charge is 0.132 e. The number of rotatable bonds is 6. The molecule has 1 aliphatic rings. The summed E-state index contributed by atoms with van der Waals surface area (Å²) in [7, 11) is 1.71. The van der Waals surface area contributed by atoms with E-state index >= 15 is 0 Å². The molecule has 0 aliphatic heterocycles. The molecular weight excluding hydrogens is 262 g/mol. The topological polar surface area (TPSA) is 47.0 Å². The first kappa shape index (κ1) is 14.2. The van der Waals surface area contributed by atoms with Crippen LogP contribution in [0.1, 0.15) is 28.6 Å². The second-order valence-electron chi connectivity index (χ2n) is 5.45. The molecular formula is C17H21N3O. The Kier molecular flexibility index (Phi) is 4.58. The Labute approximate surface area is 125 Å². The number of hydrogen-bond acceptors (Lipinski definition) is 4. The Morgan fingerprint density at radius 2 is 1.95 bits per heavy atom. The number of benzene rings is 1. The first-order chi connectivity index (χ1) is 10.4. The third-order valence-electron chi connectivity index (χ3n) is 3.94. The van der Waals surface area contributed by atoms with E-state index in [9.17, 15) is 0 Å². The van der Waals surface area contributed by atoms with Crippen molar-refractivity contribution in [2.24, 2.45) is 0 Å². The van der Waals surface area contributed by atoms with E-state index in [2.05, 4.69) is 34.6 Å². The third kappa shape index (κ3) is 3.46. The number of ether oxygens (including phenoxy) is 1. The summed E-state index contributed by atoms with van der Waals surface area (Å²) in [6, 6.07) is 10.6. The van der Waals surface area contributed by atoms with E-state index in [1.54, 1.807) is 7.11 Å². The predicted octanol–water partition coefficient (Wildman–Crippen LogP) is 2.09. The van der Waals surface area contributed by atoms with Gasteiger partial charge in [0.05, 0.1) is 12.3 Å². The van der Waals surface area contributed by atoms with Crippen molar-refractivity contribution in [3.8, 4) is 0 Å². The quantitative estimate of drug-likeness (QED) is 0.825. The second-order valence-corrected chi connectivity index (χ2v) is 5.45. The molecule has 0 radical (unpaired) electrons. The molecule has 110 valence electrons. The van der Waals surface area contributed by atoms with Crippen molar-refractivity contribution < 1.29 is 4.74 Å². The van der Waals surface area contributed by atoms with Crippen LogP contribution >= 0.6 is 0 Å². The molecule has 0 bridgehead atoms. The van der Waals surface area contributed by atoms with Crippen LogP contribution in [-0.2, 0) is 24.1 Å². The molecule has 1 aliphatic carbocycles. The van der Waals surface area contributed by atoms with E-state index < -0.39 is 0 Å². The molecule has 0 saturated heterocycles. The Hall–Kier alpha value is -1.78. The lowest BCUT2D eigenvalue weighted by Crippen LogP contribution is -2.20.